The van der Waals surface area contributed by atoms with Crippen molar-refractivity contribution in [1.29, 1.82) is 0 Å². The molecule has 2 saturated heterocycles. The number of hydrogen-bond donors (Lipinski definition) is 2. The molecular weight excluding hydrogens is 392 g/mol. The van der Waals surface area contributed by atoms with Gasteiger partial charge in [-0.25, -0.2) is 4.79 Å². The number of benzene rings is 1. The zero-order chi connectivity index (χ0) is 22.6. The minimum atomic E-state index is -0.557. The normalized spacial score (nSPS) is 18.6. The molecule has 2 fully saturated rings. The van der Waals surface area contributed by atoms with Gasteiger partial charge in [0.05, 0.1) is 0 Å². The van der Waals surface area contributed by atoms with E-state index in [0.717, 1.165) is 31.5 Å². The third-order valence-corrected chi connectivity index (χ3v) is 6.14. The van der Waals surface area contributed by atoms with Crippen molar-refractivity contribution in [3.63, 3.8) is 0 Å². The van der Waals surface area contributed by atoms with Crippen molar-refractivity contribution in [3.05, 3.63) is 35.4 Å². The number of carbonyl (C=O) groups is 3. The molecule has 7 heteroatoms. The molecule has 3 rings (SSSR count). The molecule has 4 amide bonds. The van der Waals surface area contributed by atoms with Crippen LogP contribution in [-0.2, 0) is 4.79 Å². The number of hydrogen-bond acceptors (Lipinski definition) is 3. The molecular formula is C24H36N4O3. The summed E-state index contributed by atoms with van der Waals surface area (Å²) in [4.78, 5) is 42.5. The third kappa shape index (κ3) is 5.99. The quantitative estimate of drug-likeness (QED) is 0.774. The van der Waals surface area contributed by atoms with E-state index in [1.165, 1.54) is 0 Å². The van der Waals surface area contributed by atoms with Crippen molar-refractivity contribution in [2.75, 3.05) is 26.2 Å². The van der Waals surface area contributed by atoms with Gasteiger partial charge >= 0.3 is 6.03 Å². The molecule has 2 heterocycles. The summed E-state index contributed by atoms with van der Waals surface area (Å²) in [5.74, 6) is -0.180. The van der Waals surface area contributed by atoms with Crippen LogP contribution in [0.1, 0.15) is 62.4 Å². The monoisotopic (exact) mass is 428 g/mol. The molecule has 1 atom stereocenters. The Balaban J connectivity index is 1.70. The highest BCUT2D eigenvalue weighted by molar-refractivity contribution is 5.98. The molecule has 1 aromatic carbocycles. The van der Waals surface area contributed by atoms with Crippen LogP contribution >= 0.6 is 0 Å². The summed E-state index contributed by atoms with van der Waals surface area (Å²) in [6, 6.07) is 6.80. The maximum Gasteiger partial charge on any atom is 0.317 e. The first-order valence-electron chi connectivity index (χ1n) is 11.4. The van der Waals surface area contributed by atoms with Gasteiger partial charge in [0.15, 0.2) is 0 Å². The summed E-state index contributed by atoms with van der Waals surface area (Å²) in [7, 11) is 0. The van der Waals surface area contributed by atoms with Crippen molar-refractivity contribution in [3.8, 4) is 0 Å². The Bertz CT molecular complexity index is 803. The number of amides is 4. The predicted octanol–water partition coefficient (Wildman–Crippen LogP) is 2.94. The van der Waals surface area contributed by atoms with Crippen molar-refractivity contribution in [2.24, 2.45) is 5.92 Å². The van der Waals surface area contributed by atoms with Crippen LogP contribution in [0.2, 0.25) is 0 Å². The molecule has 0 radical (unpaired) electrons. The van der Waals surface area contributed by atoms with E-state index < -0.39 is 6.04 Å². The van der Waals surface area contributed by atoms with Gasteiger partial charge in [-0.1, -0.05) is 18.2 Å². The Morgan fingerprint density at radius 3 is 2.16 bits per heavy atom. The summed E-state index contributed by atoms with van der Waals surface area (Å²) in [5.41, 5.74) is 1.20. The van der Waals surface area contributed by atoms with E-state index in [-0.39, 0.29) is 29.3 Å². The number of piperidine rings is 1. The van der Waals surface area contributed by atoms with E-state index in [0.29, 0.717) is 31.5 Å². The average molecular weight is 429 g/mol. The second-order valence-corrected chi connectivity index (χ2v) is 9.80. The average Bonchev–Trinajstić information content (AvgIpc) is 3.25. The minimum absolute atomic E-state index is 0.0111. The van der Waals surface area contributed by atoms with Gasteiger partial charge in [0.2, 0.25) is 5.91 Å². The summed E-state index contributed by atoms with van der Waals surface area (Å²) >= 11 is 0. The molecule has 0 aliphatic carbocycles. The van der Waals surface area contributed by atoms with Gasteiger partial charge in [0, 0.05) is 37.3 Å². The summed E-state index contributed by atoms with van der Waals surface area (Å²) < 4.78 is 0. The first-order valence-corrected chi connectivity index (χ1v) is 11.4. The number of nitrogens with zero attached hydrogens (tertiary/aromatic N) is 2. The van der Waals surface area contributed by atoms with Gasteiger partial charge in [-0.2, -0.15) is 0 Å². The van der Waals surface area contributed by atoms with Crippen LogP contribution in [0, 0.1) is 12.8 Å². The number of rotatable bonds is 4. The lowest BCUT2D eigenvalue weighted by Gasteiger charge is -2.38. The molecule has 2 aliphatic heterocycles. The Kier molecular flexibility index (Phi) is 7.23. The molecule has 1 aromatic rings. The maximum absolute atomic E-state index is 13.3. The van der Waals surface area contributed by atoms with E-state index in [1.807, 2.05) is 55.7 Å². The van der Waals surface area contributed by atoms with Gasteiger partial charge < -0.3 is 20.4 Å². The van der Waals surface area contributed by atoms with Gasteiger partial charge in [-0.05, 0) is 70.9 Å². The molecule has 170 valence electrons. The van der Waals surface area contributed by atoms with Crippen molar-refractivity contribution in [2.45, 2.75) is 65.0 Å². The summed E-state index contributed by atoms with van der Waals surface area (Å²) in [6.45, 7) is 10.5. The first-order chi connectivity index (χ1) is 14.7. The zero-order valence-corrected chi connectivity index (χ0v) is 19.2. The van der Waals surface area contributed by atoms with Crippen LogP contribution in [0.15, 0.2) is 24.3 Å². The van der Waals surface area contributed by atoms with Gasteiger partial charge in [0.25, 0.3) is 5.91 Å². The molecule has 0 saturated carbocycles. The van der Waals surface area contributed by atoms with Crippen LogP contribution < -0.4 is 10.6 Å². The van der Waals surface area contributed by atoms with E-state index in [4.69, 9.17) is 0 Å². The largest absolute Gasteiger partial charge is 0.341 e. The first kappa shape index (κ1) is 23.1. The smallest absolute Gasteiger partial charge is 0.317 e. The Labute approximate surface area is 185 Å². The fourth-order valence-electron chi connectivity index (χ4n) is 4.40. The van der Waals surface area contributed by atoms with Gasteiger partial charge in [-0.3, -0.25) is 9.59 Å². The van der Waals surface area contributed by atoms with E-state index in [1.54, 1.807) is 6.07 Å². The number of nitrogens with one attached hydrogen (secondary N) is 2. The van der Waals surface area contributed by atoms with Crippen LogP contribution in [0.4, 0.5) is 4.79 Å². The Morgan fingerprint density at radius 2 is 1.58 bits per heavy atom. The topological polar surface area (TPSA) is 81.8 Å². The van der Waals surface area contributed by atoms with E-state index in [9.17, 15) is 14.4 Å². The Morgan fingerprint density at radius 1 is 0.968 bits per heavy atom. The molecule has 31 heavy (non-hydrogen) atoms. The maximum atomic E-state index is 13.3. The fourth-order valence-corrected chi connectivity index (χ4v) is 4.40. The standard InChI is InChI=1S/C24H36N4O3/c1-17-9-5-6-10-19(17)21(29)25-20(22(30)27-13-7-8-14-27)18-11-15-28(16-12-18)23(31)26-24(2,3)4/h5-6,9-10,18,20H,7-8,11-16H2,1-4H3,(H,25,29)(H,26,31)/t20-/m0/s1. The van der Waals surface area contributed by atoms with Crippen molar-refractivity contribution < 1.29 is 14.4 Å². The second-order valence-electron chi connectivity index (χ2n) is 9.80. The zero-order valence-electron chi connectivity index (χ0n) is 19.2. The summed E-state index contributed by atoms with van der Waals surface area (Å²) in [5, 5.41) is 6.06. The number of urea groups is 1. The van der Waals surface area contributed by atoms with Crippen LogP contribution in [0.5, 0.6) is 0 Å². The minimum Gasteiger partial charge on any atom is -0.341 e. The summed E-state index contributed by atoms with van der Waals surface area (Å²) in [6.07, 6.45) is 3.40. The molecule has 0 bridgehead atoms. The molecule has 2 N–H and O–H groups in total. The van der Waals surface area contributed by atoms with Gasteiger partial charge in [0.1, 0.15) is 6.04 Å². The van der Waals surface area contributed by atoms with Crippen LogP contribution in [0.3, 0.4) is 0 Å². The molecule has 0 aromatic heterocycles. The highest BCUT2D eigenvalue weighted by Gasteiger charge is 2.37. The molecule has 2 aliphatic rings. The molecule has 0 unspecified atom stereocenters. The second kappa shape index (κ2) is 9.71. The fraction of sp³-hybridized carbons (Fsp3) is 0.625. The van der Waals surface area contributed by atoms with Crippen LogP contribution in [-0.4, -0.2) is 65.4 Å². The predicted molar refractivity (Wildman–Crippen MR) is 121 cm³/mol. The van der Waals surface area contributed by atoms with Crippen molar-refractivity contribution >= 4 is 17.8 Å². The van der Waals surface area contributed by atoms with E-state index in [2.05, 4.69) is 10.6 Å². The lowest BCUT2D eigenvalue weighted by Crippen LogP contribution is -2.56. The lowest BCUT2D eigenvalue weighted by atomic mass is 9.88. The highest BCUT2D eigenvalue weighted by atomic mass is 16.2. The van der Waals surface area contributed by atoms with E-state index >= 15 is 0 Å². The van der Waals surface area contributed by atoms with Crippen LogP contribution in [0.25, 0.3) is 0 Å². The lowest BCUT2D eigenvalue weighted by molar-refractivity contribution is -0.134. The number of aryl methyl sites for hydroxylation is 1. The number of carbonyl (C=O) groups excluding carboxylic acids is 3. The third-order valence-electron chi connectivity index (χ3n) is 6.14. The molecule has 7 nitrogen and oxygen atoms in total. The highest BCUT2D eigenvalue weighted by Crippen LogP contribution is 2.24. The SMILES string of the molecule is Cc1ccccc1C(=O)N[C@H](C(=O)N1CCCC1)C1CCN(C(=O)NC(C)(C)C)CC1. The number of likely N-dealkylation sites (tertiary alicyclic amines) is 2. The Hall–Kier alpha value is -2.57. The molecule has 0 spiro atoms. The van der Waals surface area contributed by atoms with Crippen molar-refractivity contribution in [1.82, 2.24) is 20.4 Å². The van der Waals surface area contributed by atoms with Gasteiger partial charge in [-0.15, -0.1) is 0 Å².